The maximum Gasteiger partial charge on any atom is 0.307 e. The first-order valence-corrected chi connectivity index (χ1v) is 12.6. The number of nitrogens with zero attached hydrogens (tertiary/aromatic N) is 3. The van der Waals surface area contributed by atoms with Gasteiger partial charge in [-0.2, -0.15) is 0 Å². The van der Waals surface area contributed by atoms with Gasteiger partial charge in [-0.05, 0) is 55.1 Å². The topological polar surface area (TPSA) is 109 Å². The third-order valence-electron chi connectivity index (χ3n) is 6.68. The van der Waals surface area contributed by atoms with E-state index in [1.807, 2.05) is 18.0 Å². The monoisotopic (exact) mass is 530 g/mol. The molecule has 3 N–H and O–H groups in total. The molecule has 0 spiro atoms. The molecule has 8 nitrogen and oxygen atoms in total. The molecule has 1 amide bonds. The Morgan fingerprint density at radius 1 is 0.974 bits per heavy atom. The Kier molecular flexibility index (Phi) is 7.18. The number of nitrogens with one attached hydrogen (secondary N) is 1. The summed E-state index contributed by atoms with van der Waals surface area (Å²) in [6, 6.07) is 19.4. The summed E-state index contributed by atoms with van der Waals surface area (Å²) in [5.41, 5.74) is 4.01. The summed E-state index contributed by atoms with van der Waals surface area (Å²) < 4.78 is 0. The largest absolute Gasteiger partial charge is 0.494 e. The second-order valence-electron chi connectivity index (χ2n) is 9.41. The van der Waals surface area contributed by atoms with Crippen molar-refractivity contribution in [3.05, 3.63) is 94.0 Å². The number of halogens is 1. The van der Waals surface area contributed by atoms with Crippen LogP contribution in [0.1, 0.15) is 27.0 Å². The Bertz CT molecular complexity index is 1540. The summed E-state index contributed by atoms with van der Waals surface area (Å²) in [6.07, 6.45) is -0.139. The molecule has 0 aliphatic carbocycles. The van der Waals surface area contributed by atoms with Gasteiger partial charge < -0.3 is 25.0 Å². The highest BCUT2D eigenvalue weighted by Crippen LogP contribution is 2.33. The van der Waals surface area contributed by atoms with E-state index >= 15 is 0 Å². The van der Waals surface area contributed by atoms with Gasteiger partial charge in [-0.15, -0.1) is 0 Å². The Balaban J connectivity index is 1.56. The number of carboxylic acid groups (broad SMARTS) is 1. The minimum absolute atomic E-state index is 0.0126. The zero-order chi connectivity index (χ0) is 26.8. The first-order chi connectivity index (χ1) is 18.3. The number of hydrogen-bond acceptors (Lipinski definition) is 5. The van der Waals surface area contributed by atoms with Crippen molar-refractivity contribution in [2.24, 2.45) is 4.99 Å². The SMILES string of the molecule is CN1CCN(C(=O)c2ccc(N=C(c3cccc(CC(=O)O)c3)c3c(O)[nH]c4cc(Cl)ccc34)cc2)CC1. The van der Waals surface area contributed by atoms with E-state index in [-0.39, 0.29) is 18.2 Å². The molecule has 0 bridgehead atoms. The lowest BCUT2D eigenvalue weighted by molar-refractivity contribution is -0.136. The average Bonchev–Trinajstić information content (AvgIpc) is 3.22. The predicted octanol–water partition coefficient (Wildman–Crippen LogP) is 4.71. The highest BCUT2D eigenvalue weighted by Gasteiger charge is 2.22. The number of H-pyrrole nitrogens is 1. The maximum atomic E-state index is 13.0. The van der Waals surface area contributed by atoms with Crippen molar-refractivity contribution in [3.8, 4) is 5.88 Å². The average molecular weight is 531 g/mol. The molecular weight excluding hydrogens is 504 g/mol. The smallest absolute Gasteiger partial charge is 0.307 e. The van der Waals surface area contributed by atoms with E-state index in [0.29, 0.717) is 57.3 Å². The van der Waals surface area contributed by atoms with Crippen molar-refractivity contribution in [3.63, 3.8) is 0 Å². The summed E-state index contributed by atoms with van der Waals surface area (Å²) in [7, 11) is 2.05. The number of aliphatic imine (C=N–C) groups is 1. The third kappa shape index (κ3) is 5.41. The molecule has 1 aliphatic heterocycles. The molecule has 9 heteroatoms. The van der Waals surface area contributed by atoms with E-state index in [1.54, 1.807) is 60.7 Å². The van der Waals surface area contributed by atoms with Crippen LogP contribution >= 0.6 is 11.6 Å². The van der Waals surface area contributed by atoms with Gasteiger partial charge in [-0.25, -0.2) is 4.99 Å². The van der Waals surface area contributed by atoms with Crippen molar-refractivity contribution in [2.75, 3.05) is 33.2 Å². The third-order valence-corrected chi connectivity index (χ3v) is 6.91. The van der Waals surface area contributed by atoms with Gasteiger partial charge in [0.05, 0.1) is 28.9 Å². The van der Waals surface area contributed by atoms with E-state index < -0.39 is 5.97 Å². The highest BCUT2D eigenvalue weighted by atomic mass is 35.5. The van der Waals surface area contributed by atoms with Crippen LogP contribution in [0.4, 0.5) is 5.69 Å². The Morgan fingerprint density at radius 3 is 2.42 bits per heavy atom. The lowest BCUT2D eigenvalue weighted by atomic mass is 9.98. The number of fused-ring (bicyclic) bond motifs is 1. The molecule has 1 fully saturated rings. The number of carboxylic acids is 1. The summed E-state index contributed by atoms with van der Waals surface area (Å²) in [6.45, 7) is 3.07. The number of carbonyl (C=O) groups is 2. The molecule has 5 rings (SSSR count). The Hall–Kier alpha value is -4.14. The van der Waals surface area contributed by atoms with E-state index in [0.717, 1.165) is 18.5 Å². The quantitative estimate of drug-likeness (QED) is 0.313. The summed E-state index contributed by atoms with van der Waals surface area (Å²) in [4.78, 5) is 36.2. The van der Waals surface area contributed by atoms with Gasteiger partial charge in [-0.3, -0.25) is 9.59 Å². The molecule has 38 heavy (non-hydrogen) atoms. The van der Waals surface area contributed by atoms with Gasteiger partial charge in [0.25, 0.3) is 5.91 Å². The Morgan fingerprint density at radius 2 is 1.71 bits per heavy atom. The molecule has 0 saturated carbocycles. The maximum absolute atomic E-state index is 13.0. The Labute approximate surface area is 224 Å². The predicted molar refractivity (Wildman–Crippen MR) is 148 cm³/mol. The number of aliphatic carboxylic acids is 1. The number of likely N-dealkylation sites (N-methyl/N-ethyl adjacent to an activating group) is 1. The number of amides is 1. The first-order valence-electron chi connectivity index (χ1n) is 12.3. The van der Waals surface area contributed by atoms with Crippen molar-refractivity contribution in [2.45, 2.75) is 6.42 Å². The second-order valence-corrected chi connectivity index (χ2v) is 9.85. The minimum Gasteiger partial charge on any atom is -0.494 e. The van der Waals surface area contributed by atoms with Gasteiger partial charge in [0.1, 0.15) is 0 Å². The molecule has 2 heterocycles. The second kappa shape index (κ2) is 10.7. The lowest BCUT2D eigenvalue weighted by Gasteiger charge is -2.32. The number of hydrogen-bond donors (Lipinski definition) is 3. The molecule has 194 valence electrons. The van der Waals surface area contributed by atoms with Crippen LogP contribution in [0.25, 0.3) is 10.9 Å². The van der Waals surface area contributed by atoms with Crippen molar-refractivity contribution in [1.82, 2.24) is 14.8 Å². The van der Waals surface area contributed by atoms with Gasteiger partial charge in [-0.1, -0.05) is 35.9 Å². The number of aromatic nitrogens is 1. The van der Waals surface area contributed by atoms with Crippen molar-refractivity contribution < 1.29 is 19.8 Å². The zero-order valence-electron chi connectivity index (χ0n) is 20.8. The number of aromatic hydroxyl groups is 1. The number of carbonyl (C=O) groups excluding carboxylic acids is 1. The van der Waals surface area contributed by atoms with Crippen LogP contribution in [-0.4, -0.2) is 75.8 Å². The first kappa shape index (κ1) is 25.5. The van der Waals surface area contributed by atoms with Crippen LogP contribution in [-0.2, 0) is 11.2 Å². The number of piperazine rings is 1. The minimum atomic E-state index is -0.939. The summed E-state index contributed by atoms with van der Waals surface area (Å²) >= 11 is 6.16. The van der Waals surface area contributed by atoms with Gasteiger partial charge >= 0.3 is 5.97 Å². The molecule has 1 aliphatic rings. The molecule has 3 aromatic carbocycles. The van der Waals surface area contributed by atoms with Crippen molar-refractivity contribution in [1.29, 1.82) is 0 Å². The fraction of sp³-hybridized carbons (Fsp3) is 0.207. The fourth-order valence-corrected chi connectivity index (χ4v) is 4.84. The number of aromatic amines is 1. The van der Waals surface area contributed by atoms with E-state index in [4.69, 9.17) is 16.6 Å². The molecule has 0 unspecified atom stereocenters. The van der Waals surface area contributed by atoms with Crippen LogP contribution in [0.2, 0.25) is 5.02 Å². The summed E-state index contributed by atoms with van der Waals surface area (Å²) in [5.74, 6) is -1.03. The molecule has 4 aromatic rings. The standard InChI is InChI=1S/C29H27ClN4O4/c1-33-11-13-34(14-12-33)29(38)19-5-8-22(9-6-19)31-27(20-4-2-3-18(15-20)16-25(35)36)26-23-10-7-21(30)17-24(23)32-28(26)37/h2-10,15,17,32,37H,11-14,16H2,1H3,(H,35,36). The fourth-order valence-electron chi connectivity index (χ4n) is 4.66. The normalized spacial score (nSPS) is 14.7. The van der Waals surface area contributed by atoms with Gasteiger partial charge in [0.15, 0.2) is 5.88 Å². The van der Waals surface area contributed by atoms with E-state index in [1.165, 1.54) is 0 Å². The van der Waals surface area contributed by atoms with Crippen LogP contribution in [0.5, 0.6) is 5.88 Å². The van der Waals surface area contributed by atoms with Crippen LogP contribution in [0.15, 0.2) is 71.7 Å². The molecule has 0 radical (unpaired) electrons. The van der Waals surface area contributed by atoms with Crippen LogP contribution < -0.4 is 0 Å². The number of benzene rings is 3. The van der Waals surface area contributed by atoms with Gasteiger partial charge in [0, 0.05) is 47.7 Å². The zero-order valence-corrected chi connectivity index (χ0v) is 21.6. The van der Waals surface area contributed by atoms with Gasteiger partial charge in [0.2, 0.25) is 0 Å². The molecule has 1 aromatic heterocycles. The van der Waals surface area contributed by atoms with E-state index in [2.05, 4.69) is 9.88 Å². The van der Waals surface area contributed by atoms with Crippen LogP contribution in [0.3, 0.4) is 0 Å². The number of rotatable bonds is 6. The molecule has 0 atom stereocenters. The summed E-state index contributed by atoms with van der Waals surface area (Å²) in [5, 5.41) is 21.4. The van der Waals surface area contributed by atoms with E-state index in [9.17, 15) is 19.8 Å². The van der Waals surface area contributed by atoms with Crippen LogP contribution in [0, 0.1) is 0 Å². The lowest BCUT2D eigenvalue weighted by Crippen LogP contribution is -2.47. The highest BCUT2D eigenvalue weighted by molar-refractivity contribution is 6.31. The molecular formula is C29H27ClN4O4. The molecule has 1 saturated heterocycles. The van der Waals surface area contributed by atoms with Crippen molar-refractivity contribution >= 4 is 45.8 Å².